The van der Waals surface area contributed by atoms with Crippen molar-refractivity contribution in [2.24, 2.45) is 0 Å². The molecule has 0 bridgehead atoms. The van der Waals surface area contributed by atoms with Gasteiger partial charge in [0.25, 0.3) is 11.6 Å². The van der Waals surface area contributed by atoms with Crippen molar-refractivity contribution >= 4 is 33.0 Å². The van der Waals surface area contributed by atoms with Gasteiger partial charge in [-0.3, -0.25) is 14.9 Å². The standard InChI is InChI=1S/C18H14N2O5S/c1-10(11-2-4-14-15(7-11)25-9-24-14)19-18(21)17-8-12-6-13(20(22)23)3-5-16(12)26-17/h2-8,10H,9H2,1H3,(H,19,21). The smallest absolute Gasteiger partial charge is 0.270 e. The van der Waals surface area contributed by atoms with Gasteiger partial charge in [0.1, 0.15) is 0 Å². The monoisotopic (exact) mass is 370 g/mol. The first-order chi connectivity index (χ1) is 12.5. The quantitative estimate of drug-likeness (QED) is 0.553. The van der Waals surface area contributed by atoms with Crippen LogP contribution in [-0.4, -0.2) is 17.6 Å². The molecule has 2 heterocycles. The molecule has 0 fully saturated rings. The lowest BCUT2D eigenvalue weighted by Gasteiger charge is -2.14. The Hall–Kier alpha value is -3.13. The summed E-state index contributed by atoms with van der Waals surface area (Å²) >= 11 is 1.30. The number of fused-ring (bicyclic) bond motifs is 2. The van der Waals surface area contributed by atoms with Gasteiger partial charge in [0.2, 0.25) is 6.79 Å². The average molecular weight is 370 g/mol. The molecule has 1 unspecified atom stereocenters. The molecule has 0 saturated carbocycles. The predicted octanol–water partition coefficient (Wildman–Crippen LogP) is 4.03. The molecule has 0 spiro atoms. The minimum Gasteiger partial charge on any atom is -0.454 e. The Morgan fingerprint density at radius 1 is 1.19 bits per heavy atom. The molecule has 0 saturated heterocycles. The number of thiophene rings is 1. The molecule has 1 amide bonds. The molecule has 132 valence electrons. The zero-order valence-corrected chi connectivity index (χ0v) is 14.5. The van der Waals surface area contributed by atoms with E-state index in [0.717, 1.165) is 10.3 Å². The summed E-state index contributed by atoms with van der Waals surface area (Å²) < 4.78 is 11.5. The number of non-ortho nitro benzene ring substituents is 1. The Balaban J connectivity index is 1.54. The van der Waals surface area contributed by atoms with E-state index in [9.17, 15) is 14.9 Å². The zero-order chi connectivity index (χ0) is 18.3. The highest BCUT2D eigenvalue weighted by Gasteiger charge is 2.19. The second-order valence-corrected chi connectivity index (χ2v) is 6.98. The van der Waals surface area contributed by atoms with E-state index in [1.54, 1.807) is 12.1 Å². The zero-order valence-electron chi connectivity index (χ0n) is 13.7. The van der Waals surface area contributed by atoms with Gasteiger partial charge >= 0.3 is 0 Å². The molecule has 3 aromatic rings. The number of benzene rings is 2. The van der Waals surface area contributed by atoms with Gasteiger partial charge in [-0.2, -0.15) is 0 Å². The number of nitrogens with one attached hydrogen (secondary N) is 1. The number of carbonyl (C=O) groups is 1. The van der Waals surface area contributed by atoms with Crippen LogP contribution in [0.15, 0.2) is 42.5 Å². The van der Waals surface area contributed by atoms with Gasteiger partial charge in [0, 0.05) is 22.2 Å². The fourth-order valence-corrected chi connectivity index (χ4v) is 3.74. The van der Waals surface area contributed by atoms with Crippen LogP contribution in [-0.2, 0) is 0 Å². The predicted molar refractivity (Wildman–Crippen MR) is 96.9 cm³/mol. The molecule has 26 heavy (non-hydrogen) atoms. The summed E-state index contributed by atoms with van der Waals surface area (Å²) in [6, 6.07) is 11.6. The van der Waals surface area contributed by atoms with Crippen LogP contribution in [0.4, 0.5) is 5.69 Å². The number of ether oxygens (including phenoxy) is 2. The maximum absolute atomic E-state index is 12.6. The van der Waals surface area contributed by atoms with Crippen molar-refractivity contribution in [1.29, 1.82) is 0 Å². The molecule has 8 heteroatoms. The summed E-state index contributed by atoms with van der Waals surface area (Å²) in [5.41, 5.74) is 0.912. The van der Waals surface area contributed by atoms with Gasteiger partial charge < -0.3 is 14.8 Å². The number of hydrogen-bond acceptors (Lipinski definition) is 6. The Morgan fingerprint density at radius 3 is 2.81 bits per heavy atom. The van der Waals surface area contributed by atoms with Crippen LogP contribution in [0.2, 0.25) is 0 Å². The molecule has 1 atom stereocenters. The van der Waals surface area contributed by atoms with Crippen LogP contribution in [0.1, 0.15) is 28.2 Å². The van der Waals surface area contributed by atoms with Crippen LogP contribution < -0.4 is 14.8 Å². The summed E-state index contributed by atoms with van der Waals surface area (Å²) in [7, 11) is 0. The summed E-state index contributed by atoms with van der Waals surface area (Å²) in [6.07, 6.45) is 0. The van der Waals surface area contributed by atoms with Gasteiger partial charge in [-0.15, -0.1) is 11.3 Å². The molecular formula is C18H14N2O5S. The first-order valence-corrected chi connectivity index (χ1v) is 8.71. The van der Waals surface area contributed by atoms with Crippen molar-refractivity contribution in [1.82, 2.24) is 5.32 Å². The number of nitro benzene ring substituents is 1. The maximum atomic E-state index is 12.6. The van der Waals surface area contributed by atoms with Gasteiger partial charge in [-0.25, -0.2) is 0 Å². The summed E-state index contributed by atoms with van der Waals surface area (Å²) in [4.78, 5) is 23.5. The molecule has 4 rings (SSSR count). The highest BCUT2D eigenvalue weighted by molar-refractivity contribution is 7.20. The molecule has 2 aromatic carbocycles. The van der Waals surface area contributed by atoms with Crippen molar-refractivity contribution in [3.8, 4) is 11.5 Å². The first-order valence-electron chi connectivity index (χ1n) is 7.89. The van der Waals surface area contributed by atoms with Crippen LogP contribution >= 0.6 is 11.3 Å². The van der Waals surface area contributed by atoms with Crippen molar-refractivity contribution in [2.75, 3.05) is 6.79 Å². The van der Waals surface area contributed by atoms with Gasteiger partial charge in [0.05, 0.1) is 15.8 Å². The van der Waals surface area contributed by atoms with Crippen molar-refractivity contribution in [2.45, 2.75) is 13.0 Å². The fraction of sp³-hybridized carbons (Fsp3) is 0.167. The normalized spacial score (nSPS) is 13.6. The lowest BCUT2D eigenvalue weighted by Crippen LogP contribution is -2.25. The third-order valence-electron chi connectivity index (χ3n) is 4.18. The van der Waals surface area contributed by atoms with E-state index in [1.165, 1.54) is 23.5 Å². The molecule has 1 N–H and O–H groups in total. The van der Waals surface area contributed by atoms with E-state index >= 15 is 0 Å². The van der Waals surface area contributed by atoms with E-state index in [4.69, 9.17) is 9.47 Å². The largest absolute Gasteiger partial charge is 0.454 e. The Kier molecular flexibility index (Phi) is 3.96. The topological polar surface area (TPSA) is 90.7 Å². The number of nitro groups is 1. The number of nitrogens with zero attached hydrogens (tertiary/aromatic N) is 1. The Morgan fingerprint density at radius 2 is 2.00 bits per heavy atom. The number of hydrogen-bond donors (Lipinski definition) is 1. The third-order valence-corrected chi connectivity index (χ3v) is 5.29. The molecule has 0 radical (unpaired) electrons. The van der Waals surface area contributed by atoms with Gasteiger partial charge in [-0.05, 0) is 36.8 Å². The van der Waals surface area contributed by atoms with E-state index < -0.39 is 4.92 Å². The Bertz CT molecular complexity index is 1030. The SMILES string of the molecule is CC(NC(=O)c1cc2cc([N+](=O)[O-])ccc2s1)c1ccc2c(c1)OCO2. The van der Waals surface area contributed by atoms with E-state index in [0.29, 0.717) is 21.8 Å². The number of carbonyl (C=O) groups excluding carboxylic acids is 1. The Labute approximate surface area is 152 Å². The summed E-state index contributed by atoms with van der Waals surface area (Å²) in [5.74, 6) is 1.13. The molecule has 1 aliphatic heterocycles. The second-order valence-electron chi connectivity index (χ2n) is 5.90. The van der Waals surface area contributed by atoms with Crippen LogP contribution in [0.5, 0.6) is 11.5 Å². The highest BCUT2D eigenvalue weighted by Crippen LogP contribution is 2.34. The summed E-state index contributed by atoms with van der Waals surface area (Å²) in [6.45, 7) is 2.08. The van der Waals surface area contributed by atoms with Gasteiger partial charge in [0.15, 0.2) is 11.5 Å². The fourth-order valence-electron chi connectivity index (χ4n) is 2.79. The van der Waals surface area contributed by atoms with E-state index in [1.807, 2.05) is 25.1 Å². The minimum absolute atomic E-state index is 0.0102. The molecule has 7 nitrogen and oxygen atoms in total. The lowest BCUT2D eigenvalue weighted by molar-refractivity contribution is -0.384. The van der Waals surface area contributed by atoms with Crippen LogP contribution in [0.25, 0.3) is 10.1 Å². The number of rotatable bonds is 4. The van der Waals surface area contributed by atoms with Gasteiger partial charge in [-0.1, -0.05) is 6.07 Å². The lowest BCUT2D eigenvalue weighted by atomic mass is 10.1. The molecule has 1 aromatic heterocycles. The van der Waals surface area contributed by atoms with Crippen molar-refractivity contribution in [3.05, 3.63) is 63.0 Å². The summed E-state index contributed by atoms with van der Waals surface area (Å²) in [5, 5.41) is 14.5. The van der Waals surface area contributed by atoms with Crippen LogP contribution in [0.3, 0.4) is 0 Å². The second kappa shape index (κ2) is 6.30. The van der Waals surface area contributed by atoms with E-state index in [2.05, 4.69) is 5.32 Å². The van der Waals surface area contributed by atoms with E-state index in [-0.39, 0.29) is 24.4 Å². The highest BCUT2D eigenvalue weighted by atomic mass is 32.1. The molecule has 0 aliphatic carbocycles. The van der Waals surface area contributed by atoms with Crippen molar-refractivity contribution < 1.29 is 19.2 Å². The minimum atomic E-state index is -0.446. The maximum Gasteiger partial charge on any atom is 0.270 e. The average Bonchev–Trinajstić information content (AvgIpc) is 3.26. The number of amides is 1. The first kappa shape index (κ1) is 16.3. The van der Waals surface area contributed by atoms with Crippen LogP contribution in [0, 0.1) is 10.1 Å². The van der Waals surface area contributed by atoms with Crippen molar-refractivity contribution in [3.63, 3.8) is 0 Å². The third kappa shape index (κ3) is 2.95. The molecule has 1 aliphatic rings. The molecular weight excluding hydrogens is 356 g/mol.